The second kappa shape index (κ2) is 8.74. The van der Waals surface area contributed by atoms with Gasteiger partial charge >= 0.3 is 0 Å². The SMILES string of the molecule is CCc1ccc(F)c([C@H](Nc2ccc3c(N)nccc3c2)c2ncc(-c3ccccc3)[nH]2)c1. The first-order valence-electron chi connectivity index (χ1n) is 10.9. The molecule has 0 radical (unpaired) electrons. The molecular weight excluding hydrogens is 413 g/mol. The summed E-state index contributed by atoms with van der Waals surface area (Å²) in [5.41, 5.74) is 10.3. The van der Waals surface area contributed by atoms with Crippen molar-refractivity contribution in [3.63, 3.8) is 0 Å². The number of aryl methyl sites for hydroxylation is 1. The maximum atomic E-state index is 15.1. The van der Waals surface area contributed by atoms with Gasteiger partial charge in [-0.05, 0) is 53.3 Å². The van der Waals surface area contributed by atoms with Crippen LogP contribution in [0.3, 0.4) is 0 Å². The van der Waals surface area contributed by atoms with E-state index in [-0.39, 0.29) is 5.82 Å². The fourth-order valence-corrected chi connectivity index (χ4v) is 4.03. The summed E-state index contributed by atoms with van der Waals surface area (Å²) in [4.78, 5) is 12.2. The highest BCUT2D eigenvalue weighted by Crippen LogP contribution is 2.31. The van der Waals surface area contributed by atoms with Gasteiger partial charge in [0.1, 0.15) is 23.5 Å². The zero-order valence-electron chi connectivity index (χ0n) is 18.2. The van der Waals surface area contributed by atoms with Crippen LogP contribution < -0.4 is 11.1 Å². The van der Waals surface area contributed by atoms with Crippen LogP contribution in [0.2, 0.25) is 0 Å². The lowest BCUT2D eigenvalue weighted by Gasteiger charge is -2.20. The summed E-state index contributed by atoms with van der Waals surface area (Å²) in [7, 11) is 0. The molecule has 33 heavy (non-hydrogen) atoms. The van der Waals surface area contributed by atoms with Crippen molar-refractivity contribution in [1.82, 2.24) is 15.0 Å². The van der Waals surface area contributed by atoms with Crippen molar-refractivity contribution in [3.8, 4) is 11.3 Å². The van der Waals surface area contributed by atoms with E-state index < -0.39 is 6.04 Å². The summed E-state index contributed by atoms with van der Waals surface area (Å²) < 4.78 is 15.1. The Labute approximate surface area is 191 Å². The average molecular weight is 438 g/mol. The maximum absolute atomic E-state index is 15.1. The summed E-state index contributed by atoms with van der Waals surface area (Å²) in [6.07, 6.45) is 4.28. The number of nitrogens with two attached hydrogens (primary N) is 1. The van der Waals surface area contributed by atoms with Gasteiger partial charge in [0.05, 0.1) is 11.9 Å². The molecule has 4 N–H and O–H groups in total. The highest BCUT2D eigenvalue weighted by atomic mass is 19.1. The number of imidazole rings is 1. The van der Waals surface area contributed by atoms with Crippen LogP contribution in [0.4, 0.5) is 15.9 Å². The molecule has 2 heterocycles. The molecule has 0 unspecified atom stereocenters. The second-order valence-electron chi connectivity index (χ2n) is 7.97. The summed E-state index contributed by atoms with van der Waals surface area (Å²) in [6.45, 7) is 2.06. The Morgan fingerprint density at radius 3 is 2.67 bits per heavy atom. The van der Waals surface area contributed by atoms with Gasteiger partial charge in [0.2, 0.25) is 0 Å². The predicted octanol–water partition coefficient (Wildman–Crippen LogP) is 6.11. The molecule has 5 aromatic rings. The van der Waals surface area contributed by atoms with Crippen LogP contribution in [0.25, 0.3) is 22.0 Å². The number of fused-ring (bicyclic) bond motifs is 1. The van der Waals surface area contributed by atoms with Crippen molar-refractivity contribution in [2.24, 2.45) is 0 Å². The van der Waals surface area contributed by atoms with Crippen molar-refractivity contribution < 1.29 is 4.39 Å². The molecule has 0 saturated carbocycles. The number of nitrogens with zero attached hydrogens (tertiary/aromatic N) is 2. The Morgan fingerprint density at radius 2 is 1.85 bits per heavy atom. The van der Waals surface area contributed by atoms with Crippen LogP contribution in [0.1, 0.15) is 29.9 Å². The first-order valence-corrected chi connectivity index (χ1v) is 10.9. The van der Waals surface area contributed by atoms with Crippen molar-refractivity contribution in [2.45, 2.75) is 19.4 Å². The molecule has 0 spiro atoms. The zero-order valence-corrected chi connectivity index (χ0v) is 18.2. The fourth-order valence-electron chi connectivity index (χ4n) is 4.03. The molecule has 0 aliphatic heterocycles. The van der Waals surface area contributed by atoms with Gasteiger partial charge in [-0.1, -0.05) is 49.4 Å². The molecule has 0 fully saturated rings. The molecule has 0 bridgehead atoms. The monoisotopic (exact) mass is 437 g/mol. The largest absolute Gasteiger partial charge is 0.383 e. The molecule has 2 aromatic heterocycles. The van der Waals surface area contributed by atoms with Crippen molar-refractivity contribution in [3.05, 3.63) is 108 Å². The van der Waals surface area contributed by atoms with Crippen LogP contribution >= 0.6 is 0 Å². The Kier molecular flexibility index (Phi) is 5.48. The van der Waals surface area contributed by atoms with E-state index in [1.54, 1.807) is 12.4 Å². The van der Waals surface area contributed by atoms with Gasteiger partial charge in [-0.25, -0.2) is 14.4 Å². The van der Waals surface area contributed by atoms with E-state index in [9.17, 15) is 0 Å². The number of anilines is 2. The third-order valence-corrected chi connectivity index (χ3v) is 5.84. The van der Waals surface area contributed by atoms with E-state index in [0.29, 0.717) is 17.2 Å². The van der Waals surface area contributed by atoms with Crippen LogP contribution in [-0.2, 0) is 6.42 Å². The molecule has 0 saturated heterocycles. The first kappa shape index (κ1) is 20.7. The number of nitrogen functional groups attached to an aromatic ring is 1. The molecule has 0 amide bonds. The third-order valence-electron chi connectivity index (χ3n) is 5.84. The van der Waals surface area contributed by atoms with E-state index in [2.05, 4.69) is 27.2 Å². The minimum absolute atomic E-state index is 0.281. The number of H-pyrrole nitrogens is 1. The van der Waals surface area contributed by atoms with Crippen molar-refractivity contribution in [2.75, 3.05) is 11.1 Å². The van der Waals surface area contributed by atoms with Gasteiger partial charge in [0, 0.05) is 22.8 Å². The summed E-state index contributed by atoms with van der Waals surface area (Å²) in [5, 5.41) is 5.32. The topological polar surface area (TPSA) is 79.6 Å². The number of pyridine rings is 1. The van der Waals surface area contributed by atoms with Gasteiger partial charge in [-0.15, -0.1) is 0 Å². The van der Waals surface area contributed by atoms with Gasteiger partial charge in [0.25, 0.3) is 0 Å². The molecule has 1 atom stereocenters. The zero-order chi connectivity index (χ0) is 22.8. The number of hydrogen-bond acceptors (Lipinski definition) is 4. The van der Waals surface area contributed by atoms with Crippen LogP contribution in [0.15, 0.2) is 85.2 Å². The molecule has 164 valence electrons. The number of nitrogens with one attached hydrogen (secondary N) is 2. The first-order chi connectivity index (χ1) is 16.1. The van der Waals surface area contributed by atoms with E-state index >= 15 is 4.39 Å². The molecule has 6 heteroatoms. The Hall–Kier alpha value is -4.19. The number of halogens is 1. The van der Waals surface area contributed by atoms with E-state index in [4.69, 9.17) is 5.73 Å². The molecular formula is C27H24FN5. The van der Waals surface area contributed by atoms with Gasteiger partial charge in [-0.3, -0.25) is 0 Å². The number of rotatable bonds is 6. The molecule has 0 aliphatic rings. The van der Waals surface area contributed by atoms with E-state index in [1.807, 2.05) is 66.7 Å². The fraction of sp³-hybridized carbons (Fsp3) is 0.111. The average Bonchev–Trinajstić information content (AvgIpc) is 3.34. The molecule has 0 aliphatic carbocycles. The van der Waals surface area contributed by atoms with Crippen LogP contribution in [-0.4, -0.2) is 15.0 Å². The van der Waals surface area contributed by atoms with Gasteiger partial charge in [-0.2, -0.15) is 0 Å². The maximum Gasteiger partial charge on any atom is 0.133 e. The lowest BCUT2D eigenvalue weighted by Crippen LogP contribution is -2.16. The molecule has 5 rings (SSSR count). The third kappa shape index (κ3) is 4.15. The Bertz CT molecular complexity index is 1410. The minimum Gasteiger partial charge on any atom is -0.383 e. The summed E-state index contributed by atoms with van der Waals surface area (Å²) in [5.74, 6) is 0.836. The summed E-state index contributed by atoms with van der Waals surface area (Å²) >= 11 is 0. The second-order valence-corrected chi connectivity index (χ2v) is 7.97. The predicted molar refractivity (Wildman–Crippen MR) is 131 cm³/mol. The Morgan fingerprint density at radius 1 is 1.00 bits per heavy atom. The van der Waals surface area contributed by atoms with Crippen LogP contribution in [0.5, 0.6) is 0 Å². The van der Waals surface area contributed by atoms with Crippen molar-refractivity contribution in [1.29, 1.82) is 0 Å². The summed E-state index contributed by atoms with van der Waals surface area (Å²) in [6, 6.07) is 22.4. The van der Waals surface area contributed by atoms with Gasteiger partial charge < -0.3 is 16.0 Å². The smallest absolute Gasteiger partial charge is 0.133 e. The Balaban J connectivity index is 1.59. The van der Waals surface area contributed by atoms with Crippen molar-refractivity contribution >= 4 is 22.3 Å². The standard InChI is InChI=1S/C27H24FN5/c1-2-17-8-11-23(28)22(14-17)25(27-31-16-24(33-27)18-6-4-3-5-7-18)32-20-9-10-21-19(15-20)12-13-30-26(21)29/h3-16,25,32H,2H2,1H3,(H2,29,30)(H,31,33)/t25-/m0/s1. The molecule has 5 nitrogen and oxygen atoms in total. The lowest BCUT2D eigenvalue weighted by molar-refractivity contribution is 0.600. The molecule has 3 aromatic carbocycles. The normalized spacial score (nSPS) is 12.1. The van der Waals surface area contributed by atoms with E-state index in [1.165, 1.54) is 6.07 Å². The van der Waals surface area contributed by atoms with Gasteiger partial charge in [0.15, 0.2) is 0 Å². The number of aromatic amines is 1. The highest BCUT2D eigenvalue weighted by molar-refractivity contribution is 5.92. The lowest BCUT2D eigenvalue weighted by atomic mass is 10.0. The number of aromatic nitrogens is 3. The minimum atomic E-state index is -0.509. The highest BCUT2D eigenvalue weighted by Gasteiger charge is 2.22. The number of benzene rings is 3. The van der Waals surface area contributed by atoms with Crippen LogP contribution in [0, 0.1) is 5.82 Å². The quantitative estimate of drug-likeness (QED) is 0.299. The number of hydrogen-bond donors (Lipinski definition) is 3. The van der Waals surface area contributed by atoms with E-state index in [0.717, 1.165) is 39.7 Å².